The molecule has 3 rings (SSSR count). The van der Waals surface area contributed by atoms with Crippen molar-refractivity contribution in [2.75, 3.05) is 12.4 Å². The van der Waals surface area contributed by atoms with Crippen LogP contribution in [0.5, 0.6) is 5.75 Å². The zero-order chi connectivity index (χ0) is 18.8. The number of amides is 1. The second kappa shape index (κ2) is 6.79. The number of ether oxygens (including phenoxy) is 2. The number of nitro groups is 1. The van der Waals surface area contributed by atoms with Gasteiger partial charge in [0.15, 0.2) is 6.10 Å². The average Bonchev–Trinajstić information content (AvgIpc) is 2.61. The third kappa shape index (κ3) is 3.32. The van der Waals surface area contributed by atoms with Gasteiger partial charge in [0.05, 0.1) is 23.7 Å². The van der Waals surface area contributed by atoms with Crippen molar-refractivity contribution in [3.8, 4) is 5.75 Å². The minimum Gasteiger partial charge on any atom is -0.496 e. The number of benzene rings is 2. The molecule has 26 heavy (non-hydrogen) atoms. The molecule has 9 heteroatoms. The zero-order valence-corrected chi connectivity index (χ0v) is 13.5. The summed E-state index contributed by atoms with van der Waals surface area (Å²) in [5, 5.41) is 13.5. The van der Waals surface area contributed by atoms with Crippen molar-refractivity contribution in [1.29, 1.82) is 0 Å². The standard InChI is InChI=1S/C17H13FN2O6/c1-25-11-3-5-13(14(8-11)20(23)24)19-16(21)15-7-9-6-10(18)2-4-12(9)17(22)26-15/h2-6,8,15H,7H2,1H3,(H,19,21). The molecule has 0 spiro atoms. The summed E-state index contributed by atoms with van der Waals surface area (Å²) in [7, 11) is 1.36. The fourth-order valence-electron chi connectivity index (χ4n) is 2.62. The van der Waals surface area contributed by atoms with Gasteiger partial charge in [0, 0.05) is 6.42 Å². The number of anilines is 1. The first-order chi connectivity index (χ1) is 12.4. The predicted octanol–water partition coefficient (Wildman–Crippen LogP) is 2.46. The summed E-state index contributed by atoms with van der Waals surface area (Å²) in [4.78, 5) is 34.9. The van der Waals surface area contributed by atoms with Gasteiger partial charge in [-0.25, -0.2) is 9.18 Å². The van der Waals surface area contributed by atoms with Crippen LogP contribution in [0.1, 0.15) is 15.9 Å². The molecule has 1 atom stereocenters. The van der Waals surface area contributed by atoms with Gasteiger partial charge in [-0.2, -0.15) is 0 Å². The summed E-state index contributed by atoms with van der Waals surface area (Å²) in [6.07, 6.45) is -1.26. The van der Waals surface area contributed by atoms with E-state index in [9.17, 15) is 24.1 Å². The summed E-state index contributed by atoms with van der Waals surface area (Å²) < 4.78 is 23.4. The second-order valence-corrected chi connectivity index (χ2v) is 5.53. The highest BCUT2D eigenvalue weighted by molar-refractivity contribution is 6.01. The summed E-state index contributed by atoms with van der Waals surface area (Å²) >= 11 is 0. The lowest BCUT2D eigenvalue weighted by Gasteiger charge is -2.23. The van der Waals surface area contributed by atoms with Crippen LogP contribution in [0.25, 0.3) is 0 Å². The van der Waals surface area contributed by atoms with Crippen LogP contribution in [-0.4, -0.2) is 30.0 Å². The van der Waals surface area contributed by atoms with E-state index in [1.807, 2.05) is 0 Å². The number of esters is 1. The van der Waals surface area contributed by atoms with Gasteiger partial charge in [0.1, 0.15) is 17.3 Å². The van der Waals surface area contributed by atoms with Crippen LogP contribution < -0.4 is 10.1 Å². The molecule has 8 nitrogen and oxygen atoms in total. The van der Waals surface area contributed by atoms with Gasteiger partial charge in [0.25, 0.3) is 11.6 Å². The van der Waals surface area contributed by atoms with Gasteiger partial charge in [-0.05, 0) is 35.9 Å². The Kier molecular flexibility index (Phi) is 4.53. The Morgan fingerprint density at radius 3 is 2.81 bits per heavy atom. The molecule has 1 amide bonds. The monoisotopic (exact) mass is 360 g/mol. The first kappa shape index (κ1) is 17.3. The molecule has 0 fully saturated rings. The van der Waals surface area contributed by atoms with Crippen LogP contribution in [0.3, 0.4) is 0 Å². The number of halogens is 1. The molecule has 1 unspecified atom stereocenters. The molecule has 1 aliphatic heterocycles. The Morgan fingerprint density at radius 2 is 2.12 bits per heavy atom. The van der Waals surface area contributed by atoms with Gasteiger partial charge in [-0.3, -0.25) is 14.9 Å². The SMILES string of the molecule is COc1ccc(NC(=O)C2Cc3cc(F)ccc3C(=O)O2)c([N+](=O)[O-])c1. The van der Waals surface area contributed by atoms with Gasteiger partial charge in [-0.1, -0.05) is 0 Å². The number of carbonyl (C=O) groups is 2. The molecule has 0 aliphatic carbocycles. The van der Waals surface area contributed by atoms with E-state index in [4.69, 9.17) is 9.47 Å². The summed E-state index contributed by atoms with van der Waals surface area (Å²) in [6.45, 7) is 0. The normalized spacial score (nSPS) is 15.6. The fraction of sp³-hybridized carbons (Fsp3) is 0.176. The number of hydrogen-bond acceptors (Lipinski definition) is 6. The van der Waals surface area contributed by atoms with Crippen molar-refractivity contribution >= 4 is 23.3 Å². The molecule has 1 aliphatic rings. The Labute approximate surface area is 146 Å². The maximum Gasteiger partial charge on any atom is 0.339 e. The lowest BCUT2D eigenvalue weighted by atomic mass is 9.98. The Hall–Kier alpha value is -3.49. The van der Waals surface area contributed by atoms with Crippen LogP contribution in [0.2, 0.25) is 0 Å². The van der Waals surface area contributed by atoms with E-state index in [-0.39, 0.29) is 29.1 Å². The molecule has 1 N–H and O–H groups in total. The van der Waals surface area contributed by atoms with Gasteiger partial charge in [0.2, 0.25) is 0 Å². The van der Waals surface area contributed by atoms with Gasteiger partial charge >= 0.3 is 5.97 Å². The quantitative estimate of drug-likeness (QED) is 0.510. The van der Waals surface area contributed by atoms with Gasteiger partial charge in [-0.15, -0.1) is 0 Å². The summed E-state index contributed by atoms with van der Waals surface area (Å²) in [6, 6.07) is 7.49. The number of methoxy groups -OCH3 is 1. The predicted molar refractivity (Wildman–Crippen MR) is 87.6 cm³/mol. The van der Waals surface area contributed by atoms with Crippen LogP contribution in [-0.2, 0) is 16.0 Å². The van der Waals surface area contributed by atoms with E-state index < -0.39 is 28.7 Å². The molecule has 2 aromatic rings. The number of hydrogen-bond donors (Lipinski definition) is 1. The van der Waals surface area contributed by atoms with Gasteiger partial charge < -0.3 is 14.8 Å². The van der Waals surface area contributed by atoms with Crippen LogP contribution in [0, 0.1) is 15.9 Å². The minimum atomic E-state index is -1.22. The molecule has 0 saturated heterocycles. The molecule has 0 saturated carbocycles. The van der Waals surface area contributed by atoms with Crippen molar-refractivity contribution in [1.82, 2.24) is 0 Å². The molecule has 2 aromatic carbocycles. The number of nitro benzene ring substituents is 1. The van der Waals surface area contributed by atoms with Crippen LogP contribution in [0.4, 0.5) is 15.8 Å². The maximum absolute atomic E-state index is 13.4. The molecule has 134 valence electrons. The molecule has 0 bridgehead atoms. The number of carbonyl (C=O) groups excluding carboxylic acids is 2. The number of nitrogens with zero attached hydrogens (tertiary/aromatic N) is 1. The largest absolute Gasteiger partial charge is 0.496 e. The third-order valence-corrected chi connectivity index (χ3v) is 3.89. The van der Waals surface area contributed by atoms with E-state index in [1.54, 1.807) is 0 Å². The highest BCUT2D eigenvalue weighted by atomic mass is 19.1. The van der Waals surface area contributed by atoms with E-state index in [1.165, 1.54) is 25.3 Å². The molecule has 1 heterocycles. The number of rotatable bonds is 4. The Balaban J connectivity index is 1.83. The maximum atomic E-state index is 13.4. The van der Waals surface area contributed by atoms with Crippen molar-refractivity contribution in [2.45, 2.75) is 12.5 Å². The van der Waals surface area contributed by atoms with E-state index in [0.717, 1.165) is 18.2 Å². The van der Waals surface area contributed by atoms with Crippen molar-refractivity contribution in [3.63, 3.8) is 0 Å². The number of fused-ring (bicyclic) bond motifs is 1. The third-order valence-electron chi connectivity index (χ3n) is 3.89. The zero-order valence-electron chi connectivity index (χ0n) is 13.5. The van der Waals surface area contributed by atoms with E-state index in [0.29, 0.717) is 5.56 Å². The summed E-state index contributed by atoms with van der Waals surface area (Å²) in [5.74, 6) is -1.79. The van der Waals surface area contributed by atoms with Crippen molar-refractivity contribution in [2.24, 2.45) is 0 Å². The van der Waals surface area contributed by atoms with Crippen LogP contribution >= 0.6 is 0 Å². The van der Waals surface area contributed by atoms with Crippen molar-refractivity contribution < 1.29 is 28.4 Å². The Bertz CT molecular complexity index is 914. The molecule has 0 aromatic heterocycles. The first-order valence-corrected chi connectivity index (χ1v) is 7.51. The van der Waals surface area contributed by atoms with Crippen molar-refractivity contribution in [3.05, 3.63) is 63.5 Å². The highest BCUT2D eigenvalue weighted by Crippen LogP contribution is 2.30. The second-order valence-electron chi connectivity index (χ2n) is 5.53. The smallest absolute Gasteiger partial charge is 0.339 e. The lowest BCUT2D eigenvalue weighted by Crippen LogP contribution is -2.38. The highest BCUT2D eigenvalue weighted by Gasteiger charge is 2.32. The molecular formula is C17H13FN2O6. The molecule has 0 radical (unpaired) electrons. The average molecular weight is 360 g/mol. The number of nitrogens with one attached hydrogen (secondary N) is 1. The number of cyclic esters (lactones) is 1. The van der Waals surface area contributed by atoms with E-state index >= 15 is 0 Å². The fourth-order valence-corrected chi connectivity index (χ4v) is 2.62. The molecular weight excluding hydrogens is 347 g/mol. The topological polar surface area (TPSA) is 108 Å². The Morgan fingerprint density at radius 1 is 1.35 bits per heavy atom. The van der Waals surface area contributed by atoms with E-state index in [2.05, 4.69) is 5.32 Å². The lowest BCUT2D eigenvalue weighted by molar-refractivity contribution is -0.384. The van der Waals surface area contributed by atoms with Crippen LogP contribution in [0.15, 0.2) is 36.4 Å². The minimum absolute atomic E-state index is 0.0331. The summed E-state index contributed by atoms with van der Waals surface area (Å²) in [5.41, 5.74) is 0.0877. The first-order valence-electron chi connectivity index (χ1n) is 7.51.